The van der Waals surface area contributed by atoms with Gasteiger partial charge in [0.15, 0.2) is 9.75 Å². The Bertz CT molecular complexity index is 1850. The zero-order valence-corrected chi connectivity index (χ0v) is 26.1. The smallest absolute Gasteiger partial charge is 0.258 e. The molecule has 2 aliphatic heterocycles. The summed E-state index contributed by atoms with van der Waals surface area (Å²) >= 11 is 14.8. The molecule has 0 bridgehead atoms. The van der Waals surface area contributed by atoms with Gasteiger partial charge in [-0.15, -0.1) is 23.2 Å². The number of hydrogen-bond acceptors (Lipinski definition) is 7. The van der Waals surface area contributed by atoms with E-state index in [4.69, 9.17) is 32.7 Å². The first-order valence-corrected chi connectivity index (χ1v) is 15.3. The highest BCUT2D eigenvalue weighted by molar-refractivity contribution is 6.58. The summed E-state index contributed by atoms with van der Waals surface area (Å²) in [4.78, 5) is 54.4. The van der Waals surface area contributed by atoms with Crippen molar-refractivity contribution >= 4 is 58.2 Å². The highest BCUT2D eigenvalue weighted by Gasteiger charge is 2.77. The maximum atomic E-state index is 14.5. The molecule has 0 aromatic heterocycles. The zero-order chi connectivity index (χ0) is 32.7. The van der Waals surface area contributed by atoms with Crippen molar-refractivity contribution in [3.05, 3.63) is 89.8 Å². The molecule has 9 nitrogen and oxygen atoms in total. The predicted molar refractivity (Wildman–Crippen MR) is 167 cm³/mol. The largest absolute Gasteiger partial charge is 0.507 e. The second-order valence-corrected chi connectivity index (χ2v) is 13.1. The molecule has 46 heavy (non-hydrogen) atoms. The van der Waals surface area contributed by atoms with E-state index < -0.39 is 57.0 Å². The molecule has 2 heterocycles. The van der Waals surface area contributed by atoms with Crippen LogP contribution in [0.2, 0.25) is 0 Å². The number of ether oxygens (including phenoxy) is 2. The Kier molecular flexibility index (Phi) is 6.95. The summed E-state index contributed by atoms with van der Waals surface area (Å²) in [6.45, 7) is 0. The highest BCUT2D eigenvalue weighted by atomic mass is 35.5. The Labute approximate surface area is 273 Å². The number of carbonyl (C=O) groups is 4. The van der Waals surface area contributed by atoms with E-state index in [0.29, 0.717) is 11.3 Å². The van der Waals surface area contributed by atoms with Gasteiger partial charge in [0.1, 0.15) is 23.1 Å². The van der Waals surface area contributed by atoms with Gasteiger partial charge in [0.05, 0.1) is 37.4 Å². The number of rotatable bonds is 5. The van der Waals surface area contributed by atoms with Crippen molar-refractivity contribution in [2.24, 2.45) is 17.8 Å². The molecule has 2 saturated heterocycles. The van der Waals surface area contributed by atoms with Crippen LogP contribution in [0.25, 0.3) is 0 Å². The van der Waals surface area contributed by atoms with Crippen molar-refractivity contribution in [2.75, 3.05) is 24.0 Å². The Hall–Kier alpha value is -4.41. The number of imide groups is 2. The van der Waals surface area contributed by atoms with E-state index >= 15 is 0 Å². The van der Waals surface area contributed by atoms with Gasteiger partial charge in [-0.3, -0.25) is 24.1 Å². The number of para-hydroxylation sites is 1. The number of allylic oxidation sites excluding steroid dienone is 2. The standard InChI is InChI=1S/C34H27Cl2FN2O7/c1-45-20-14-24(40)27(25(15-20)46-2)28-21-12-13-22-26(30(42)38(29(22)41)18-6-4-3-5-7-18)23(21)16-33(35)31(43)39(32(44)34(28,33)36)19-10-8-17(37)9-11-19/h3-12,14-15,22-23,26,28,40H,13,16H2,1-2H3. The summed E-state index contributed by atoms with van der Waals surface area (Å²) in [6.07, 6.45) is 1.65. The minimum Gasteiger partial charge on any atom is -0.507 e. The summed E-state index contributed by atoms with van der Waals surface area (Å²) in [7, 11) is 2.77. The molecule has 4 amide bonds. The van der Waals surface area contributed by atoms with Crippen molar-refractivity contribution < 1.29 is 38.1 Å². The first kappa shape index (κ1) is 30.3. The zero-order valence-electron chi connectivity index (χ0n) is 24.6. The molecule has 6 atom stereocenters. The van der Waals surface area contributed by atoms with Crippen LogP contribution in [0.15, 0.2) is 78.4 Å². The first-order chi connectivity index (χ1) is 22.0. The number of anilines is 2. The van der Waals surface area contributed by atoms with Crippen LogP contribution in [-0.2, 0) is 19.2 Å². The molecule has 7 rings (SSSR count). The quantitative estimate of drug-likeness (QED) is 0.223. The Balaban J connectivity index is 1.45. The van der Waals surface area contributed by atoms with E-state index in [0.717, 1.165) is 21.9 Å². The molecular weight excluding hydrogens is 638 g/mol. The van der Waals surface area contributed by atoms with E-state index in [1.165, 1.54) is 38.5 Å². The van der Waals surface area contributed by atoms with E-state index in [2.05, 4.69) is 0 Å². The number of phenolic OH excluding ortho intramolecular Hbond substituents is 1. The number of carbonyl (C=O) groups excluding carboxylic acids is 4. The molecule has 12 heteroatoms. The number of amides is 4. The highest BCUT2D eigenvalue weighted by Crippen LogP contribution is 2.67. The van der Waals surface area contributed by atoms with Crippen LogP contribution in [0.5, 0.6) is 17.2 Å². The summed E-state index contributed by atoms with van der Waals surface area (Å²) in [5.74, 6) is -6.96. The molecular formula is C34H27Cl2FN2O7. The number of fused-ring (bicyclic) bond motifs is 4. The molecule has 0 radical (unpaired) electrons. The molecule has 236 valence electrons. The monoisotopic (exact) mass is 664 g/mol. The van der Waals surface area contributed by atoms with Crippen LogP contribution >= 0.6 is 23.2 Å². The fourth-order valence-corrected chi connectivity index (χ4v) is 8.63. The van der Waals surface area contributed by atoms with Crippen molar-refractivity contribution in [3.8, 4) is 17.2 Å². The third-order valence-corrected chi connectivity index (χ3v) is 11.2. The molecule has 2 aliphatic carbocycles. The number of methoxy groups -OCH3 is 2. The van der Waals surface area contributed by atoms with Gasteiger partial charge in [0.2, 0.25) is 11.8 Å². The number of benzene rings is 3. The number of phenols is 1. The van der Waals surface area contributed by atoms with Crippen LogP contribution < -0.4 is 19.3 Å². The topological polar surface area (TPSA) is 113 Å². The van der Waals surface area contributed by atoms with E-state index in [-0.39, 0.29) is 47.2 Å². The second-order valence-electron chi connectivity index (χ2n) is 11.9. The molecule has 3 aromatic carbocycles. The molecule has 3 aromatic rings. The maximum Gasteiger partial charge on any atom is 0.258 e. The Morgan fingerprint density at radius 2 is 1.52 bits per heavy atom. The van der Waals surface area contributed by atoms with Crippen LogP contribution in [-0.4, -0.2) is 52.7 Å². The lowest BCUT2D eigenvalue weighted by atomic mass is 9.56. The van der Waals surface area contributed by atoms with Gasteiger partial charge in [-0.2, -0.15) is 0 Å². The van der Waals surface area contributed by atoms with Crippen LogP contribution in [0.1, 0.15) is 24.3 Å². The van der Waals surface area contributed by atoms with Gasteiger partial charge in [-0.1, -0.05) is 29.8 Å². The molecule has 4 aliphatic rings. The van der Waals surface area contributed by atoms with Crippen molar-refractivity contribution in [1.29, 1.82) is 0 Å². The third-order valence-electron chi connectivity index (χ3n) is 9.75. The van der Waals surface area contributed by atoms with Gasteiger partial charge >= 0.3 is 0 Å². The second kappa shape index (κ2) is 10.6. The van der Waals surface area contributed by atoms with Gasteiger partial charge in [-0.05, 0) is 55.2 Å². The summed E-state index contributed by atoms with van der Waals surface area (Å²) in [6, 6.07) is 16.1. The lowest BCUT2D eigenvalue weighted by Crippen LogP contribution is -2.60. The number of hydrogen-bond donors (Lipinski definition) is 1. The molecule has 6 unspecified atom stereocenters. The fourth-order valence-electron chi connectivity index (χ4n) is 7.71. The maximum absolute atomic E-state index is 14.5. The minimum absolute atomic E-state index is 0.0488. The van der Waals surface area contributed by atoms with E-state index in [1.807, 2.05) is 0 Å². The lowest BCUT2D eigenvalue weighted by Gasteiger charge is -2.50. The molecule has 1 saturated carbocycles. The predicted octanol–water partition coefficient (Wildman–Crippen LogP) is 5.32. The van der Waals surface area contributed by atoms with Crippen molar-refractivity contribution in [2.45, 2.75) is 28.5 Å². The fraction of sp³-hybridized carbons (Fsp3) is 0.294. The normalized spacial score (nSPS) is 30.2. The summed E-state index contributed by atoms with van der Waals surface area (Å²) in [5, 5.41) is 11.5. The Morgan fingerprint density at radius 1 is 0.848 bits per heavy atom. The Morgan fingerprint density at radius 3 is 2.17 bits per heavy atom. The molecule has 3 fully saturated rings. The third kappa shape index (κ3) is 3.92. The minimum atomic E-state index is -2.24. The lowest BCUT2D eigenvalue weighted by molar-refractivity contribution is -0.125. The van der Waals surface area contributed by atoms with Gasteiger partial charge in [-0.25, -0.2) is 9.29 Å². The number of alkyl halides is 2. The summed E-state index contributed by atoms with van der Waals surface area (Å²) in [5.41, 5.74) is 1.01. The van der Waals surface area contributed by atoms with E-state index in [1.54, 1.807) is 36.4 Å². The van der Waals surface area contributed by atoms with Crippen molar-refractivity contribution in [1.82, 2.24) is 0 Å². The molecule has 0 spiro atoms. The van der Waals surface area contributed by atoms with Crippen LogP contribution in [0.4, 0.5) is 15.8 Å². The average molecular weight is 666 g/mol. The average Bonchev–Trinajstić information content (AvgIpc) is 3.39. The van der Waals surface area contributed by atoms with Gasteiger partial charge in [0, 0.05) is 23.6 Å². The molecule has 1 N–H and O–H groups in total. The summed E-state index contributed by atoms with van der Waals surface area (Å²) < 4.78 is 24.9. The van der Waals surface area contributed by atoms with Crippen molar-refractivity contribution in [3.63, 3.8) is 0 Å². The number of halogens is 3. The van der Waals surface area contributed by atoms with Gasteiger partial charge in [0.25, 0.3) is 11.8 Å². The van der Waals surface area contributed by atoms with Crippen LogP contribution in [0, 0.1) is 23.6 Å². The first-order valence-electron chi connectivity index (χ1n) is 14.6. The SMILES string of the molecule is COc1cc(O)c(C2C3=CCC4C(=O)N(c5ccccc5)C(=O)C4C3CC3(Cl)C(=O)N(c4ccc(F)cc4)C(=O)C23Cl)c(OC)c1. The number of nitrogens with zero attached hydrogens (tertiary/aromatic N) is 2. The van der Waals surface area contributed by atoms with E-state index in [9.17, 15) is 28.7 Å². The number of aromatic hydroxyl groups is 1. The van der Waals surface area contributed by atoms with Gasteiger partial charge < -0.3 is 14.6 Å². The van der Waals surface area contributed by atoms with Crippen LogP contribution in [0.3, 0.4) is 0 Å².